The van der Waals surface area contributed by atoms with Gasteiger partial charge in [-0.3, -0.25) is 10.8 Å². The summed E-state index contributed by atoms with van der Waals surface area (Å²) in [6.07, 6.45) is 4.55. The number of nitrogens with two attached hydrogens (primary N) is 1. The van der Waals surface area contributed by atoms with Crippen molar-refractivity contribution in [1.29, 1.82) is 0 Å². The Labute approximate surface area is 102 Å². The van der Waals surface area contributed by atoms with Gasteiger partial charge in [0.1, 0.15) is 4.90 Å². The first kappa shape index (κ1) is 13.9. The molecule has 1 aromatic rings. The first-order valence-corrected chi connectivity index (χ1v) is 6.85. The quantitative estimate of drug-likeness (QED) is 0.581. The van der Waals surface area contributed by atoms with Crippen LogP contribution in [0.15, 0.2) is 23.4 Å². The average molecular weight is 258 g/mol. The van der Waals surface area contributed by atoms with Gasteiger partial charge in [-0.25, -0.2) is 12.7 Å². The molecular weight excluding hydrogens is 240 g/mol. The molecule has 0 unspecified atom stereocenters. The second-order valence-corrected chi connectivity index (χ2v) is 5.71. The van der Waals surface area contributed by atoms with Gasteiger partial charge >= 0.3 is 0 Å². The lowest BCUT2D eigenvalue weighted by Gasteiger charge is -2.18. The fraction of sp³-hybridized carbons (Fsp3) is 0.500. The standard InChI is InChI=1S/C10H18N4O2S/c1-3-4-7-14(2)17(15,16)10-8-12-6-5-9(10)13-11/h5-6,8H,3-4,7,11H2,1-2H3,(H,12,13). The molecule has 0 aliphatic carbocycles. The number of anilines is 1. The molecule has 17 heavy (non-hydrogen) atoms. The molecule has 0 bridgehead atoms. The average Bonchev–Trinajstić information content (AvgIpc) is 2.35. The van der Waals surface area contributed by atoms with E-state index in [1.165, 1.54) is 22.8 Å². The van der Waals surface area contributed by atoms with Crippen molar-refractivity contribution in [3.05, 3.63) is 18.5 Å². The van der Waals surface area contributed by atoms with E-state index in [0.29, 0.717) is 12.2 Å². The molecule has 7 heteroatoms. The van der Waals surface area contributed by atoms with Gasteiger partial charge in [-0.2, -0.15) is 0 Å². The molecule has 0 radical (unpaired) electrons. The Kier molecular flexibility index (Phi) is 4.86. The van der Waals surface area contributed by atoms with Crippen LogP contribution in [-0.4, -0.2) is 31.3 Å². The number of nitrogen functional groups attached to an aromatic ring is 1. The van der Waals surface area contributed by atoms with E-state index in [2.05, 4.69) is 10.4 Å². The van der Waals surface area contributed by atoms with Crippen LogP contribution in [0.1, 0.15) is 19.8 Å². The number of nitrogens with zero attached hydrogens (tertiary/aromatic N) is 2. The van der Waals surface area contributed by atoms with E-state index in [-0.39, 0.29) is 4.90 Å². The summed E-state index contributed by atoms with van der Waals surface area (Å²) in [5, 5.41) is 0. The number of hydrazine groups is 1. The van der Waals surface area contributed by atoms with Gasteiger partial charge in [0.15, 0.2) is 0 Å². The number of rotatable bonds is 6. The van der Waals surface area contributed by atoms with Gasteiger partial charge in [0.2, 0.25) is 10.0 Å². The van der Waals surface area contributed by atoms with E-state index in [4.69, 9.17) is 5.84 Å². The van der Waals surface area contributed by atoms with Crippen LogP contribution in [-0.2, 0) is 10.0 Å². The third-order valence-electron chi connectivity index (χ3n) is 2.45. The lowest BCUT2D eigenvalue weighted by Crippen LogP contribution is -2.29. The van der Waals surface area contributed by atoms with Crippen molar-refractivity contribution in [3.63, 3.8) is 0 Å². The Bertz CT molecular complexity index is 461. The number of hydrogen-bond donors (Lipinski definition) is 2. The van der Waals surface area contributed by atoms with Crippen molar-refractivity contribution in [2.45, 2.75) is 24.7 Å². The second-order valence-electron chi connectivity index (χ2n) is 3.70. The van der Waals surface area contributed by atoms with Crippen LogP contribution in [0.25, 0.3) is 0 Å². The molecule has 1 aromatic heterocycles. The summed E-state index contributed by atoms with van der Waals surface area (Å²) < 4.78 is 25.7. The highest BCUT2D eigenvalue weighted by atomic mass is 32.2. The Morgan fingerprint density at radius 1 is 1.53 bits per heavy atom. The molecule has 0 aromatic carbocycles. The zero-order valence-electron chi connectivity index (χ0n) is 10.0. The van der Waals surface area contributed by atoms with Crippen LogP contribution in [0.3, 0.4) is 0 Å². The van der Waals surface area contributed by atoms with Gasteiger partial charge in [0.25, 0.3) is 0 Å². The summed E-state index contributed by atoms with van der Waals surface area (Å²) in [5.74, 6) is 5.29. The zero-order valence-corrected chi connectivity index (χ0v) is 10.9. The van der Waals surface area contributed by atoms with Crippen molar-refractivity contribution in [2.24, 2.45) is 5.84 Å². The van der Waals surface area contributed by atoms with Crippen LogP contribution in [0.4, 0.5) is 5.69 Å². The number of sulfonamides is 1. The third kappa shape index (κ3) is 3.15. The topological polar surface area (TPSA) is 88.3 Å². The number of hydrogen-bond acceptors (Lipinski definition) is 5. The highest BCUT2D eigenvalue weighted by molar-refractivity contribution is 7.89. The zero-order chi connectivity index (χ0) is 12.9. The molecule has 96 valence electrons. The molecule has 0 saturated heterocycles. The molecule has 0 aliphatic rings. The Hall–Kier alpha value is -1.18. The van der Waals surface area contributed by atoms with Crippen LogP contribution in [0.2, 0.25) is 0 Å². The smallest absolute Gasteiger partial charge is 0.246 e. The van der Waals surface area contributed by atoms with E-state index in [1.807, 2.05) is 6.92 Å². The summed E-state index contributed by atoms with van der Waals surface area (Å²) in [4.78, 5) is 3.92. The maximum Gasteiger partial charge on any atom is 0.246 e. The number of nitrogens with one attached hydrogen (secondary N) is 1. The molecule has 6 nitrogen and oxygen atoms in total. The van der Waals surface area contributed by atoms with Crippen molar-refractivity contribution in [3.8, 4) is 0 Å². The van der Waals surface area contributed by atoms with E-state index in [9.17, 15) is 8.42 Å². The molecule has 3 N–H and O–H groups in total. The lowest BCUT2D eigenvalue weighted by atomic mass is 10.3. The molecule has 0 saturated carbocycles. The van der Waals surface area contributed by atoms with Gasteiger partial charge in [-0.1, -0.05) is 13.3 Å². The van der Waals surface area contributed by atoms with E-state index < -0.39 is 10.0 Å². The fourth-order valence-electron chi connectivity index (χ4n) is 1.37. The Morgan fingerprint density at radius 2 is 2.24 bits per heavy atom. The van der Waals surface area contributed by atoms with Crippen LogP contribution >= 0.6 is 0 Å². The highest BCUT2D eigenvalue weighted by Crippen LogP contribution is 2.21. The minimum atomic E-state index is -3.53. The van der Waals surface area contributed by atoms with E-state index >= 15 is 0 Å². The number of unbranched alkanes of at least 4 members (excludes halogenated alkanes) is 1. The van der Waals surface area contributed by atoms with Gasteiger partial charge in [0.05, 0.1) is 5.69 Å². The normalized spacial score (nSPS) is 11.8. The third-order valence-corrected chi connectivity index (χ3v) is 4.34. The van der Waals surface area contributed by atoms with Crippen molar-refractivity contribution < 1.29 is 8.42 Å². The van der Waals surface area contributed by atoms with Gasteiger partial charge in [-0.15, -0.1) is 0 Å². The number of pyridine rings is 1. The van der Waals surface area contributed by atoms with Gasteiger partial charge < -0.3 is 5.43 Å². The van der Waals surface area contributed by atoms with Gasteiger partial charge in [0, 0.05) is 26.0 Å². The maximum atomic E-state index is 12.2. The Morgan fingerprint density at radius 3 is 2.82 bits per heavy atom. The molecule has 1 rings (SSSR count). The summed E-state index contributed by atoms with van der Waals surface area (Å²) in [7, 11) is -1.97. The van der Waals surface area contributed by atoms with Gasteiger partial charge in [-0.05, 0) is 12.5 Å². The fourth-order valence-corrected chi connectivity index (χ4v) is 2.68. The van der Waals surface area contributed by atoms with E-state index in [0.717, 1.165) is 12.8 Å². The van der Waals surface area contributed by atoms with Crippen molar-refractivity contribution in [1.82, 2.24) is 9.29 Å². The van der Waals surface area contributed by atoms with Crippen LogP contribution in [0.5, 0.6) is 0 Å². The first-order chi connectivity index (χ1) is 8.04. The largest absolute Gasteiger partial charge is 0.323 e. The number of aromatic nitrogens is 1. The first-order valence-electron chi connectivity index (χ1n) is 5.41. The molecule has 0 amide bonds. The molecule has 0 aliphatic heterocycles. The predicted octanol–water partition coefficient (Wildman–Crippen LogP) is 0.788. The molecule has 0 atom stereocenters. The van der Waals surface area contributed by atoms with Crippen molar-refractivity contribution in [2.75, 3.05) is 19.0 Å². The Balaban J connectivity index is 3.04. The summed E-state index contributed by atoms with van der Waals surface area (Å²) in [6, 6.07) is 1.53. The van der Waals surface area contributed by atoms with Crippen molar-refractivity contribution >= 4 is 15.7 Å². The molecular formula is C10H18N4O2S. The predicted molar refractivity (Wildman–Crippen MR) is 66.8 cm³/mol. The minimum absolute atomic E-state index is 0.0982. The van der Waals surface area contributed by atoms with Crippen LogP contribution in [0, 0.1) is 0 Å². The monoisotopic (exact) mass is 258 g/mol. The van der Waals surface area contributed by atoms with Crippen LogP contribution < -0.4 is 11.3 Å². The second kappa shape index (κ2) is 5.95. The summed E-state index contributed by atoms with van der Waals surface area (Å²) in [5.41, 5.74) is 2.72. The lowest BCUT2D eigenvalue weighted by molar-refractivity contribution is 0.459. The highest BCUT2D eigenvalue weighted by Gasteiger charge is 2.23. The summed E-state index contributed by atoms with van der Waals surface area (Å²) >= 11 is 0. The summed E-state index contributed by atoms with van der Waals surface area (Å²) in [6.45, 7) is 2.50. The molecule has 0 spiro atoms. The SMILES string of the molecule is CCCCN(C)S(=O)(=O)c1cnccc1NN. The molecule has 0 fully saturated rings. The maximum absolute atomic E-state index is 12.2. The minimum Gasteiger partial charge on any atom is -0.323 e. The van der Waals surface area contributed by atoms with E-state index in [1.54, 1.807) is 7.05 Å². The molecule has 1 heterocycles.